The van der Waals surface area contributed by atoms with Crippen LogP contribution in [-0.2, 0) is 15.0 Å². The number of halogens is 1. The Morgan fingerprint density at radius 2 is 1.83 bits per heavy atom. The summed E-state index contributed by atoms with van der Waals surface area (Å²) in [7, 11) is 0. The van der Waals surface area contributed by atoms with Crippen LogP contribution in [0.15, 0.2) is 42.5 Å². The van der Waals surface area contributed by atoms with Crippen molar-refractivity contribution in [2.45, 2.75) is 45.6 Å². The average Bonchev–Trinajstić information content (AvgIpc) is 3.05. The van der Waals surface area contributed by atoms with E-state index in [0.29, 0.717) is 11.3 Å². The standard InChI is InChI=1S/C22H25FN4O2/c1-13(28)24-18(14-5-7-15(23)8-6-14)12-20(29)25-16-9-10-17-19(11-16)27-21(26-17)22(2,3)4/h5-11,18H,12H2,1-4H3,(H,24,28)(H,25,29)(H,26,27)/t18-/m0/s1. The lowest BCUT2D eigenvalue weighted by atomic mass is 9.96. The van der Waals surface area contributed by atoms with Gasteiger partial charge in [-0.25, -0.2) is 9.37 Å². The van der Waals surface area contributed by atoms with E-state index in [1.165, 1.54) is 19.1 Å². The van der Waals surface area contributed by atoms with Crippen LogP contribution in [-0.4, -0.2) is 21.8 Å². The van der Waals surface area contributed by atoms with Crippen LogP contribution >= 0.6 is 0 Å². The third kappa shape index (κ3) is 5.19. The number of aromatic amines is 1. The van der Waals surface area contributed by atoms with Crippen LogP contribution in [0.4, 0.5) is 10.1 Å². The number of H-pyrrole nitrogens is 1. The molecule has 3 aromatic rings. The molecule has 1 aromatic heterocycles. The van der Waals surface area contributed by atoms with Crippen molar-refractivity contribution in [2.24, 2.45) is 0 Å². The molecule has 2 aromatic carbocycles. The molecule has 0 unspecified atom stereocenters. The number of amides is 2. The molecule has 2 amide bonds. The Labute approximate surface area is 168 Å². The lowest BCUT2D eigenvalue weighted by Crippen LogP contribution is -2.29. The molecular formula is C22H25FN4O2. The van der Waals surface area contributed by atoms with E-state index in [-0.39, 0.29) is 29.5 Å². The van der Waals surface area contributed by atoms with Gasteiger partial charge >= 0.3 is 0 Å². The van der Waals surface area contributed by atoms with Crippen molar-refractivity contribution in [1.29, 1.82) is 0 Å². The molecule has 1 heterocycles. The van der Waals surface area contributed by atoms with Crippen LogP contribution in [0.2, 0.25) is 0 Å². The molecule has 6 nitrogen and oxygen atoms in total. The molecule has 0 aliphatic carbocycles. The number of imidazole rings is 1. The lowest BCUT2D eigenvalue weighted by Gasteiger charge is -2.18. The minimum Gasteiger partial charge on any atom is -0.349 e. The molecule has 29 heavy (non-hydrogen) atoms. The summed E-state index contributed by atoms with van der Waals surface area (Å²) in [6.07, 6.45) is 0.0272. The zero-order valence-corrected chi connectivity index (χ0v) is 17.0. The molecular weight excluding hydrogens is 371 g/mol. The van der Waals surface area contributed by atoms with Crippen molar-refractivity contribution in [3.63, 3.8) is 0 Å². The third-order valence-corrected chi connectivity index (χ3v) is 4.52. The molecule has 0 saturated carbocycles. The normalized spacial score (nSPS) is 12.6. The largest absolute Gasteiger partial charge is 0.349 e. The predicted octanol–water partition coefficient (Wildman–Crippen LogP) is 4.21. The topological polar surface area (TPSA) is 86.9 Å². The van der Waals surface area contributed by atoms with E-state index in [1.807, 2.05) is 12.1 Å². The van der Waals surface area contributed by atoms with Gasteiger partial charge in [0.2, 0.25) is 11.8 Å². The van der Waals surface area contributed by atoms with Crippen LogP contribution in [0.1, 0.15) is 51.5 Å². The maximum atomic E-state index is 13.2. The molecule has 0 bridgehead atoms. The molecule has 152 valence electrons. The minimum atomic E-state index is -0.545. The van der Waals surface area contributed by atoms with Gasteiger partial charge in [-0.1, -0.05) is 32.9 Å². The van der Waals surface area contributed by atoms with Crippen molar-refractivity contribution in [3.8, 4) is 0 Å². The zero-order valence-electron chi connectivity index (χ0n) is 17.0. The molecule has 7 heteroatoms. The summed E-state index contributed by atoms with van der Waals surface area (Å²) in [6, 6.07) is 10.7. The number of aromatic nitrogens is 2. The first-order valence-electron chi connectivity index (χ1n) is 9.44. The van der Waals surface area contributed by atoms with Gasteiger partial charge in [-0.3, -0.25) is 9.59 Å². The maximum absolute atomic E-state index is 13.2. The van der Waals surface area contributed by atoms with Gasteiger partial charge in [-0.05, 0) is 35.9 Å². The van der Waals surface area contributed by atoms with Gasteiger partial charge in [0.25, 0.3) is 0 Å². The highest BCUT2D eigenvalue weighted by Gasteiger charge is 2.20. The smallest absolute Gasteiger partial charge is 0.226 e. The van der Waals surface area contributed by atoms with E-state index >= 15 is 0 Å². The molecule has 0 fully saturated rings. The Morgan fingerprint density at radius 1 is 1.14 bits per heavy atom. The lowest BCUT2D eigenvalue weighted by molar-refractivity contribution is -0.120. The summed E-state index contributed by atoms with van der Waals surface area (Å²) in [4.78, 5) is 32.0. The quantitative estimate of drug-likeness (QED) is 0.604. The van der Waals surface area contributed by atoms with E-state index < -0.39 is 6.04 Å². The Hall–Kier alpha value is -3.22. The Bertz CT molecular complexity index is 1040. The van der Waals surface area contributed by atoms with Gasteiger partial charge in [-0.2, -0.15) is 0 Å². The molecule has 0 radical (unpaired) electrons. The zero-order chi connectivity index (χ0) is 21.2. The van der Waals surface area contributed by atoms with Crippen molar-refractivity contribution in [1.82, 2.24) is 15.3 Å². The fourth-order valence-corrected chi connectivity index (χ4v) is 3.03. The van der Waals surface area contributed by atoms with Crippen LogP contribution in [0.25, 0.3) is 11.0 Å². The molecule has 3 rings (SSSR count). The summed E-state index contributed by atoms with van der Waals surface area (Å²) in [5.74, 6) is -0.0241. The predicted molar refractivity (Wildman–Crippen MR) is 111 cm³/mol. The number of nitrogens with one attached hydrogen (secondary N) is 3. The van der Waals surface area contributed by atoms with Crippen molar-refractivity contribution >= 4 is 28.5 Å². The number of anilines is 1. The summed E-state index contributed by atoms with van der Waals surface area (Å²) in [5.41, 5.74) is 2.85. The number of hydrogen-bond acceptors (Lipinski definition) is 3. The summed E-state index contributed by atoms with van der Waals surface area (Å²) >= 11 is 0. The Morgan fingerprint density at radius 3 is 2.45 bits per heavy atom. The molecule has 0 aliphatic rings. The van der Waals surface area contributed by atoms with Crippen molar-refractivity contribution < 1.29 is 14.0 Å². The average molecular weight is 396 g/mol. The number of benzene rings is 2. The SMILES string of the molecule is CC(=O)N[C@@H](CC(=O)Nc1ccc2nc(C(C)(C)C)[nH]c2c1)c1ccc(F)cc1. The highest BCUT2D eigenvalue weighted by atomic mass is 19.1. The third-order valence-electron chi connectivity index (χ3n) is 4.52. The first-order valence-corrected chi connectivity index (χ1v) is 9.44. The fraction of sp³-hybridized carbons (Fsp3) is 0.318. The number of carbonyl (C=O) groups excluding carboxylic acids is 2. The van der Waals surface area contributed by atoms with E-state index in [2.05, 4.69) is 41.4 Å². The van der Waals surface area contributed by atoms with Gasteiger partial charge in [-0.15, -0.1) is 0 Å². The van der Waals surface area contributed by atoms with E-state index in [1.54, 1.807) is 18.2 Å². The minimum absolute atomic E-state index is 0.0272. The molecule has 0 spiro atoms. The molecule has 0 saturated heterocycles. The second-order valence-electron chi connectivity index (χ2n) is 8.12. The monoisotopic (exact) mass is 396 g/mol. The van der Waals surface area contributed by atoms with Gasteiger partial charge < -0.3 is 15.6 Å². The second-order valence-corrected chi connectivity index (χ2v) is 8.12. The van der Waals surface area contributed by atoms with Crippen LogP contribution < -0.4 is 10.6 Å². The second kappa shape index (κ2) is 8.03. The highest BCUT2D eigenvalue weighted by molar-refractivity contribution is 5.93. The van der Waals surface area contributed by atoms with Crippen molar-refractivity contribution in [2.75, 3.05) is 5.32 Å². The van der Waals surface area contributed by atoms with Crippen LogP contribution in [0, 0.1) is 5.82 Å². The van der Waals surface area contributed by atoms with Crippen molar-refractivity contribution in [3.05, 3.63) is 59.7 Å². The first kappa shape index (κ1) is 20.5. The van der Waals surface area contributed by atoms with Gasteiger partial charge in [0.05, 0.1) is 23.5 Å². The van der Waals surface area contributed by atoms with E-state index in [9.17, 15) is 14.0 Å². The molecule has 1 atom stereocenters. The number of carbonyl (C=O) groups is 2. The first-order chi connectivity index (χ1) is 13.6. The maximum Gasteiger partial charge on any atom is 0.226 e. The molecule has 3 N–H and O–H groups in total. The summed E-state index contributed by atoms with van der Waals surface area (Å²) in [5, 5.41) is 5.60. The van der Waals surface area contributed by atoms with Crippen LogP contribution in [0.5, 0.6) is 0 Å². The van der Waals surface area contributed by atoms with Crippen LogP contribution in [0.3, 0.4) is 0 Å². The Kier molecular flexibility index (Phi) is 5.68. The summed E-state index contributed by atoms with van der Waals surface area (Å²) < 4.78 is 13.2. The number of rotatable bonds is 5. The number of fused-ring (bicyclic) bond motifs is 1. The highest BCUT2D eigenvalue weighted by Crippen LogP contribution is 2.25. The van der Waals surface area contributed by atoms with E-state index in [0.717, 1.165) is 16.9 Å². The molecule has 0 aliphatic heterocycles. The number of hydrogen-bond donors (Lipinski definition) is 3. The summed E-state index contributed by atoms with van der Waals surface area (Å²) in [6.45, 7) is 7.61. The van der Waals surface area contributed by atoms with Gasteiger partial charge in [0.15, 0.2) is 0 Å². The Balaban J connectivity index is 1.75. The van der Waals surface area contributed by atoms with E-state index in [4.69, 9.17) is 0 Å². The van der Waals surface area contributed by atoms with Gasteiger partial charge in [0, 0.05) is 18.0 Å². The number of nitrogens with zero attached hydrogens (tertiary/aromatic N) is 1. The fourth-order valence-electron chi connectivity index (χ4n) is 3.03. The van der Waals surface area contributed by atoms with Gasteiger partial charge in [0.1, 0.15) is 11.6 Å².